The molecule has 0 fully saturated rings. The topological polar surface area (TPSA) is 27.1 Å². The molecular weight excluding hydrogens is 184 g/mol. The van der Waals surface area contributed by atoms with Crippen molar-refractivity contribution in [1.29, 1.82) is 5.41 Å². The maximum atomic E-state index is 8.01. The molecule has 80 valence electrons. The first-order valence-corrected chi connectivity index (χ1v) is 5.51. The number of fused-ring (bicyclic) bond motifs is 1. The number of nitrogens with zero attached hydrogens (tertiary/aromatic N) is 1. The molecule has 2 nitrogen and oxygen atoms in total. The fraction of sp³-hybridized carbons (Fsp3) is 0.462. The van der Waals surface area contributed by atoms with Gasteiger partial charge in [0.25, 0.3) is 0 Å². The van der Waals surface area contributed by atoms with E-state index in [1.54, 1.807) is 0 Å². The summed E-state index contributed by atoms with van der Waals surface area (Å²) in [7, 11) is 3.92. The van der Waals surface area contributed by atoms with E-state index in [1.165, 1.54) is 11.1 Å². The van der Waals surface area contributed by atoms with Crippen LogP contribution in [0.4, 0.5) is 0 Å². The lowest BCUT2D eigenvalue weighted by Crippen LogP contribution is -2.32. The highest BCUT2D eigenvalue weighted by Crippen LogP contribution is 2.26. The minimum absolute atomic E-state index is 0.412. The van der Waals surface area contributed by atoms with Gasteiger partial charge >= 0.3 is 0 Å². The Bertz CT molecular complexity index is 369. The van der Waals surface area contributed by atoms with Crippen LogP contribution in [0.15, 0.2) is 24.3 Å². The smallest absolute Gasteiger partial charge is 0.0987 e. The van der Waals surface area contributed by atoms with Gasteiger partial charge in [0.05, 0.1) is 5.84 Å². The van der Waals surface area contributed by atoms with Crippen molar-refractivity contribution in [3.63, 3.8) is 0 Å². The maximum Gasteiger partial charge on any atom is 0.0987 e. The fourth-order valence-corrected chi connectivity index (χ4v) is 2.30. The highest BCUT2D eigenvalue weighted by molar-refractivity contribution is 5.81. The minimum atomic E-state index is 0.412. The summed E-state index contributed by atoms with van der Waals surface area (Å²) in [6, 6.07) is 8.62. The van der Waals surface area contributed by atoms with Gasteiger partial charge in [-0.2, -0.15) is 0 Å². The van der Waals surface area contributed by atoms with E-state index in [4.69, 9.17) is 5.41 Å². The van der Waals surface area contributed by atoms with Gasteiger partial charge in [0, 0.05) is 20.0 Å². The lowest BCUT2D eigenvalue weighted by Gasteiger charge is -2.28. The van der Waals surface area contributed by atoms with Gasteiger partial charge in [-0.25, -0.2) is 0 Å². The summed E-state index contributed by atoms with van der Waals surface area (Å²) in [5.74, 6) is 1.18. The number of rotatable bonds is 1. The van der Waals surface area contributed by atoms with Crippen LogP contribution in [0.25, 0.3) is 0 Å². The highest BCUT2D eigenvalue weighted by Gasteiger charge is 2.22. The van der Waals surface area contributed by atoms with Crippen LogP contribution in [-0.4, -0.2) is 24.8 Å². The van der Waals surface area contributed by atoms with Gasteiger partial charge in [0.15, 0.2) is 0 Å². The quantitative estimate of drug-likeness (QED) is 0.549. The second kappa shape index (κ2) is 4.05. The molecule has 0 bridgehead atoms. The van der Waals surface area contributed by atoms with E-state index in [9.17, 15) is 0 Å². The van der Waals surface area contributed by atoms with Gasteiger partial charge in [-0.05, 0) is 30.4 Å². The van der Waals surface area contributed by atoms with Crippen LogP contribution in [0, 0.1) is 11.3 Å². The third kappa shape index (κ3) is 2.04. The van der Waals surface area contributed by atoms with Crippen molar-refractivity contribution in [2.24, 2.45) is 5.92 Å². The van der Waals surface area contributed by atoms with Crippen molar-refractivity contribution in [3.8, 4) is 0 Å². The SMILES string of the molecule is CN(C)C(=N)C1CCc2ccccc2C1. The zero-order valence-corrected chi connectivity index (χ0v) is 9.46. The first kappa shape index (κ1) is 10.2. The number of aryl methyl sites for hydroxylation is 1. The lowest BCUT2D eigenvalue weighted by atomic mass is 9.83. The normalized spacial score (nSPS) is 19.5. The van der Waals surface area contributed by atoms with Crippen molar-refractivity contribution >= 4 is 5.84 Å². The van der Waals surface area contributed by atoms with E-state index in [-0.39, 0.29) is 0 Å². The standard InChI is InChI=1S/C13H18N2/c1-15(2)13(14)12-8-7-10-5-3-4-6-11(10)9-12/h3-6,12,14H,7-9H2,1-2H3. The Balaban J connectivity index is 2.15. The van der Waals surface area contributed by atoms with E-state index in [1.807, 2.05) is 19.0 Å². The Labute approximate surface area is 91.4 Å². The molecule has 1 unspecified atom stereocenters. The predicted molar refractivity (Wildman–Crippen MR) is 63.4 cm³/mol. The molecule has 15 heavy (non-hydrogen) atoms. The van der Waals surface area contributed by atoms with Crippen LogP contribution in [0.2, 0.25) is 0 Å². The molecule has 2 heteroatoms. The lowest BCUT2D eigenvalue weighted by molar-refractivity contribution is 0.495. The summed E-state index contributed by atoms with van der Waals surface area (Å²) in [5, 5.41) is 8.01. The first-order valence-electron chi connectivity index (χ1n) is 5.51. The molecule has 0 spiro atoms. The second-order valence-corrected chi connectivity index (χ2v) is 4.49. The van der Waals surface area contributed by atoms with Gasteiger partial charge < -0.3 is 4.90 Å². The molecule has 0 amide bonds. The molecule has 0 heterocycles. The zero-order valence-electron chi connectivity index (χ0n) is 9.46. The van der Waals surface area contributed by atoms with Crippen molar-refractivity contribution in [1.82, 2.24) is 4.90 Å². The summed E-state index contributed by atoms with van der Waals surface area (Å²) in [4.78, 5) is 1.93. The summed E-state index contributed by atoms with van der Waals surface area (Å²) in [5.41, 5.74) is 2.90. The average molecular weight is 202 g/mol. The molecule has 2 rings (SSSR count). The van der Waals surface area contributed by atoms with Crippen LogP contribution < -0.4 is 0 Å². The fourth-order valence-electron chi connectivity index (χ4n) is 2.30. The average Bonchev–Trinajstić information content (AvgIpc) is 2.27. The number of amidine groups is 1. The van der Waals surface area contributed by atoms with Gasteiger partial charge in [-0.3, -0.25) is 5.41 Å². The Kier molecular flexibility index (Phi) is 2.76. The van der Waals surface area contributed by atoms with Crippen LogP contribution in [0.5, 0.6) is 0 Å². The molecular formula is C13H18N2. The van der Waals surface area contributed by atoms with E-state index in [0.717, 1.165) is 25.1 Å². The van der Waals surface area contributed by atoms with E-state index >= 15 is 0 Å². The number of benzene rings is 1. The third-order valence-corrected chi connectivity index (χ3v) is 3.22. The predicted octanol–water partition coefficient (Wildman–Crippen LogP) is 2.33. The number of hydrogen-bond acceptors (Lipinski definition) is 1. The molecule has 1 atom stereocenters. The summed E-state index contributed by atoms with van der Waals surface area (Å²) in [6.07, 6.45) is 3.28. The van der Waals surface area contributed by atoms with Gasteiger partial charge in [-0.1, -0.05) is 24.3 Å². The zero-order chi connectivity index (χ0) is 10.8. The van der Waals surface area contributed by atoms with Gasteiger partial charge in [0.1, 0.15) is 0 Å². The van der Waals surface area contributed by atoms with E-state index < -0.39 is 0 Å². The van der Waals surface area contributed by atoms with Gasteiger partial charge in [0.2, 0.25) is 0 Å². The number of hydrogen-bond donors (Lipinski definition) is 1. The molecule has 1 aliphatic carbocycles. The molecule has 1 N–H and O–H groups in total. The Hall–Kier alpha value is -1.31. The monoisotopic (exact) mass is 202 g/mol. The molecule has 0 radical (unpaired) electrons. The van der Waals surface area contributed by atoms with Crippen LogP contribution in [0.1, 0.15) is 17.5 Å². The highest BCUT2D eigenvalue weighted by atomic mass is 15.1. The largest absolute Gasteiger partial charge is 0.366 e. The van der Waals surface area contributed by atoms with E-state index in [0.29, 0.717) is 5.92 Å². The molecule has 0 aliphatic heterocycles. The van der Waals surface area contributed by atoms with Crippen LogP contribution in [-0.2, 0) is 12.8 Å². The molecule has 0 saturated heterocycles. The maximum absolute atomic E-state index is 8.01. The second-order valence-electron chi connectivity index (χ2n) is 4.49. The Morgan fingerprint density at radius 3 is 2.60 bits per heavy atom. The third-order valence-electron chi connectivity index (χ3n) is 3.22. The van der Waals surface area contributed by atoms with Crippen LogP contribution in [0.3, 0.4) is 0 Å². The summed E-state index contributed by atoms with van der Waals surface area (Å²) >= 11 is 0. The van der Waals surface area contributed by atoms with Crippen molar-refractivity contribution in [2.75, 3.05) is 14.1 Å². The molecule has 0 aromatic heterocycles. The Morgan fingerprint density at radius 2 is 1.93 bits per heavy atom. The van der Waals surface area contributed by atoms with Crippen molar-refractivity contribution in [2.45, 2.75) is 19.3 Å². The minimum Gasteiger partial charge on any atom is -0.366 e. The summed E-state index contributed by atoms with van der Waals surface area (Å²) in [6.45, 7) is 0. The molecule has 1 aromatic carbocycles. The first-order chi connectivity index (χ1) is 7.18. The van der Waals surface area contributed by atoms with Gasteiger partial charge in [-0.15, -0.1) is 0 Å². The van der Waals surface area contributed by atoms with Crippen molar-refractivity contribution in [3.05, 3.63) is 35.4 Å². The number of nitrogens with one attached hydrogen (secondary N) is 1. The molecule has 0 saturated carbocycles. The molecule has 1 aliphatic rings. The van der Waals surface area contributed by atoms with Crippen LogP contribution >= 0.6 is 0 Å². The molecule has 1 aromatic rings. The van der Waals surface area contributed by atoms with Crippen molar-refractivity contribution < 1.29 is 0 Å². The van der Waals surface area contributed by atoms with E-state index in [2.05, 4.69) is 24.3 Å². The summed E-state index contributed by atoms with van der Waals surface area (Å²) < 4.78 is 0. The Morgan fingerprint density at radius 1 is 1.27 bits per heavy atom.